The fraction of sp³-hybridized carbons (Fsp3) is 0.350. The molecule has 1 amide bonds. The molecule has 2 aliphatic rings. The van der Waals surface area contributed by atoms with Gasteiger partial charge in [-0.25, -0.2) is 8.42 Å². The van der Waals surface area contributed by atoms with Crippen molar-refractivity contribution >= 4 is 21.6 Å². The van der Waals surface area contributed by atoms with Crippen LogP contribution in [0.25, 0.3) is 0 Å². The van der Waals surface area contributed by atoms with Gasteiger partial charge in [-0.05, 0) is 55.0 Å². The van der Waals surface area contributed by atoms with Crippen molar-refractivity contribution in [2.24, 2.45) is 0 Å². The fourth-order valence-corrected chi connectivity index (χ4v) is 4.88. The van der Waals surface area contributed by atoms with Crippen molar-refractivity contribution in [1.29, 1.82) is 0 Å². The summed E-state index contributed by atoms with van der Waals surface area (Å²) in [5, 5.41) is 3.22. The van der Waals surface area contributed by atoms with E-state index in [1.807, 2.05) is 24.3 Å². The summed E-state index contributed by atoms with van der Waals surface area (Å²) in [5.74, 6) is -0.103. The molecule has 1 N–H and O–H groups in total. The molecule has 2 aromatic rings. The van der Waals surface area contributed by atoms with E-state index in [1.165, 1.54) is 10.6 Å². The first kappa shape index (κ1) is 17.1. The Morgan fingerprint density at radius 3 is 2.46 bits per heavy atom. The van der Waals surface area contributed by atoms with E-state index >= 15 is 0 Å². The molecule has 1 heterocycles. The highest BCUT2D eigenvalue weighted by Gasteiger charge is 2.40. The van der Waals surface area contributed by atoms with E-state index in [-0.39, 0.29) is 11.4 Å². The van der Waals surface area contributed by atoms with E-state index in [1.54, 1.807) is 12.1 Å². The average Bonchev–Trinajstić information content (AvgIpc) is 3.02. The lowest BCUT2D eigenvalue weighted by atomic mass is 9.71. The lowest BCUT2D eigenvalue weighted by Crippen LogP contribution is -2.50. The Hall–Kier alpha value is -2.34. The molecule has 1 aliphatic heterocycles. The van der Waals surface area contributed by atoms with E-state index < -0.39 is 10.0 Å². The third-order valence-electron chi connectivity index (χ3n) is 5.48. The predicted octanol–water partition coefficient (Wildman–Crippen LogP) is 2.82. The number of rotatable bonds is 4. The highest BCUT2D eigenvalue weighted by atomic mass is 32.2. The van der Waals surface area contributed by atoms with Gasteiger partial charge in [0, 0.05) is 12.1 Å². The van der Waals surface area contributed by atoms with Crippen LogP contribution in [0.2, 0.25) is 0 Å². The third kappa shape index (κ3) is 2.88. The van der Waals surface area contributed by atoms with E-state index in [2.05, 4.69) is 17.4 Å². The van der Waals surface area contributed by atoms with Crippen molar-refractivity contribution < 1.29 is 13.2 Å². The molecule has 0 bridgehead atoms. The lowest BCUT2D eigenvalue weighted by Gasteiger charge is -2.43. The number of nitrogens with zero attached hydrogens (tertiary/aromatic N) is 1. The van der Waals surface area contributed by atoms with Crippen LogP contribution in [-0.2, 0) is 22.0 Å². The first-order valence-electron chi connectivity index (χ1n) is 8.88. The molecule has 1 saturated carbocycles. The molecule has 0 atom stereocenters. The van der Waals surface area contributed by atoms with Gasteiger partial charge in [0.1, 0.15) is 0 Å². The number of amides is 1. The number of carbonyl (C=O) groups is 1. The molecule has 4 rings (SSSR count). The van der Waals surface area contributed by atoms with Crippen LogP contribution >= 0.6 is 0 Å². The number of hydrogen-bond acceptors (Lipinski definition) is 3. The van der Waals surface area contributed by atoms with Gasteiger partial charge >= 0.3 is 0 Å². The van der Waals surface area contributed by atoms with E-state index in [9.17, 15) is 13.2 Å². The van der Waals surface area contributed by atoms with Crippen molar-refractivity contribution in [2.45, 2.75) is 31.2 Å². The maximum Gasteiger partial charge on any atom is 0.251 e. The zero-order valence-corrected chi connectivity index (χ0v) is 15.6. The lowest BCUT2D eigenvalue weighted by molar-refractivity contribution is 0.0823. The summed E-state index contributed by atoms with van der Waals surface area (Å²) in [7, 11) is -3.28. The summed E-state index contributed by atoms with van der Waals surface area (Å²) in [6, 6.07) is 15.4. The SMILES string of the molecule is CS(=O)(=O)N1CCc2cc(C(=O)NC3(c4ccccc4)CCC3)ccc21. The summed E-state index contributed by atoms with van der Waals surface area (Å²) in [4.78, 5) is 12.9. The quantitative estimate of drug-likeness (QED) is 0.900. The molecule has 0 aromatic heterocycles. The minimum Gasteiger partial charge on any atom is -0.343 e. The summed E-state index contributed by atoms with van der Waals surface area (Å²) in [5.41, 5.74) is 3.04. The predicted molar refractivity (Wildman–Crippen MR) is 102 cm³/mol. The third-order valence-corrected chi connectivity index (χ3v) is 6.66. The smallest absolute Gasteiger partial charge is 0.251 e. The van der Waals surface area contributed by atoms with Gasteiger partial charge in [0.15, 0.2) is 0 Å². The van der Waals surface area contributed by atoms with Crippen molar-refractivity contribution in [1.82, 2.24) is 5.32 Å². The van der Waals surface area contributed by atoms with Crippen molar-refractivity contribution in [2.75, 3.05) is 17.1 Å². The Morgan fingerprint density at radius 2 is 1.85 bits per heavy atom. The van der Waals surface area contributed by atoms with E-state index in [0.29, 0.717) is 24.2 Å². The normalized spacial score (nSPS) is 18.1. The van der Waals surface area contributed by atoms with Crippen molar-refractivity contribution in [3.05, 3.63) is 65.2 Å². The van der Waals surface area contributed by atoms with Crippen LogP contribution in [0.5, 0.6) is 0 Å². The Labute approximate surface area is 154 Å². The zero-order valence-electron chi connectivity index (χ0n) is 14.7. The first-order chi connectivity index (χ1) is 12.4. The van der Waals surface area contributed by atoms with Crippen LogP contribution in [-0.4, -0.2) is 27.1 Å². The number of sulfonamides is 1. The Balaban J connectivity index is 1.58. The molecule has 6 heteroatoms. The average molecular weight is 370 g/mol. The highest BCUT2D eigenvalue weighted by Crippen LogP contribution is 2.41. The van der Waals surface area contributed by atoms with E-state index in [0.717, 1.165) is 30.4 Å². The van der Waals surface area contributed by atoms with Crippen LogP contribution in [0.3, 0.4) is 0 Å². The molecule has 5 nitrogen and oxygen atoms in total. The number of hydrogen-bond donors (Lipinski definition) is 1. The molecule has 0 unspecified atom stereocenters. The minimum atomic E-state index is -3.28. The summed E-state index contributed by atoms with van der Waals surface area (Å²) >= 11 is 0. The summed E-state index contributed by atoms with van der Waals surface area (Å²) < 4.78 is 25.1. The number of fused-ring (bicyclic) bond motifs is 1. The molecule has 0 spiro atoms. The van der Waals surface area contributed by atoms with Gasteiger partial charge in [-0.3, -0.25) is 9.10 Å². The van der Waals surface area contributed by atoms with Gasteiger partial charge in [0.05, 0.1) is 17.5 Å². The number of benzene rings is 2. The first-order valence-corrected chi connectivity index (χ1v) is 10.7. The number of carbonyl (C=O) groups excluding carboxylic acids is 1. The Bertz CT molecular complexity index is 950. The van der Waals surface area contributed by atoms with Crippen LogP contribution in [0, 0.1) is 0 Å². The molecular formula is C20H22N2O3S. The van der Waals surface area contributed by atoms with Gasteiger partial charge in [-0.1, -0.05) is 30.3 Å². The molecule has 26 heavy (non-hydrogen) atoms. The van der Waals surface area contributed by atoms with Gasteiger partial charge in [0.2, 0.25) is 10.0 Å². The highest BCUT2D eigenvalue weighted by molar-refractivity contribution is 7.92. The molecule has 0 saturated heterocycles. The zero-order chi connectivity index (χ0) is 18.4. The van der Waals surface area contributed by atoms with E-state index in [4.69, 9.17) is 0 Å². The number of nitrogens with one attached hydrogen (secondary N) is 1. The molecule has 0 radical (unpaired) electrons. The van der Waals surface area contributed by atoms with Gasteiger partial charge in [-0.2, -0.15) is 0 Å². The standard InChI is InChI=1S/C20H22N2O3S/c1-26(24,25)22-13-10-15-14-16(8-9-18(15)22)19(23)21-20(11-5-12-20)17-6-3-2-4-7-17/h2-4,6-9,14H,5,10-13H2,1H3,(H,21,23). The second kappa shape index (κ2) is 6.13. The Morgan fingerprint density at radius 1 is 1.12 bits per heavy atom. The summed E-state index contributed by atoms with van der Waals surface area (Å²) in [6.07, 6.45) is 4.82. The van der Waals surface area contributed by atoms with Crippen LogP contribution < -0.4 is 9.62 Å². The molecular weight excluding hydrogens is 348 g/mol. The second-order valence-corrected chi connectivity index (χ2v) is 9.09. The molecule has 136 valence electrons. The maximum absolute atomic E-state index is 12.9. The maximum atomic E-state index is 12.9. The fourth-order valence-electron chi connectivity index (χ4n) is 3.92. The molecule has 1 aliphatic carbocycles. The second-order valence-electron chi connectivity index (χ2n) is 7.18. The summed E-state index contributed by atoms with van der Waals surface area (Å²) in [6.45, 7) is 0.438. The minimum absolute atomic E-state index is 0.103. The van der Waals surface area contributed by atoms with Crippen LogP contribution in [0.15, 0.2) is 48.5 Å². The molecule has 1 fully saturated rings. The van der Waals surface area contributed by atoms with Crippen molar-refractivity contribution in [3.8, 4) is 0 Å². The molecule has 2 aromatic carbocycles. The largest absolute Gasteiger partial charge is 0.343 e. The van der Waals surface area contributed by atoms with Crippen LogP contribution in [0.4, 0.5) is 5.69 Å². The van der Waals surface area contributed by atoms with Gasteiger partial charge < -0.3 is 5.32 Å². The Kier molecular flexibility index (Phi) is 4.03. The number of anilines is 1. The monoisotopic (exact) mass is 370 g/mol. The topological polar surface area (TPSA) is 66.5 Å². The van der Waals surface area contributed by atoms with Gasteiger partial charge in [-0.15, -0.1) is 0 Å². The van der Waals surface area contributed by atoms with Crippen molar-refractivity contribution in [3.63, 3.8) is 0 Å². The van der Waals surface area contributed by atoms with Gasteiger partial charge in [0.25, 0.3) is 5.91 Å². The van der Waals surface area contributed by atoms with Crippen LogP contribution in [0.1, 0.15) is 40.7 Å².